The number of carboxylic acid groups (broad SMARTS) is 1. The van der Waals surface area contributed by atoms with E-state index in [0.717, 1.165) is 6.61 Å². The van der Waals surface area contributed by atoms with Gasteiger partial charge in [0.15, 0.2) is 0 Å². The van der Waals surface area contributed by atoms with Crippen LogP contribution in [0.2, 0.25) is 0 Å². The second-order valence-corrected chi connectivity index (χ2v) is 2.61. The molecule has 0 aromatic carbocycles. The SMILES string of the molecule is O=C(O)N1CC2(CO2)C1. The molecule has 2 aliphatic rings. The molecule has 1 amide bonds. The van der Waals surface area contributed by atoms with Crippen molar-refractivity contribution < 1.29 is 14.6 Å². The lowest BCUT2D eigenvalue weighted by Gasteiger charge is -2.34. The number of hydrogen-bond acceptors (Lipinski definition) is 2. The topological polar surface area (TPSA) is 53.1 Å². The lowest BCUT2D eigenvalue weighted by molar-refractivity contribution is 0.0577. The van der Waals surface area contributed by atoms with Gasteiger partial charge in [0.25, 0.3) is 0 Å². The molecule has 1 spiro atoms. The molecule has 2 heterocycles. The van der Waals surface area contributed by atoms with E-state index in [4.69, 9.17) is 9.84 Å². The Bertz CT molecular complexity index is 156. The number of amides is 1. The molecule has 0 saturated carbocycles. The van der Waals surface area contributed by atoms with Crippen molar-refractivity contribution in [3.63, 3.8) is 0 Å². The van der Waals surface area contributed by atoms with Gasteiger partial charge in [-0.05, 0) is 0 Å². The molecular weight excluding hydrogens is 122 g/mol. The molecule has 1 N–H and O–H groups in total. The zero-order valence-electron chi connectivity index (χ0n) is 4.83. The van der Waals surface area contributed by atoms with E-state index in [2.05, 4.69) is 0 Å². The molecule has 0 aromatic rings. The van der Waals surface area contributed by atoms with Gasteiger partial charge in [0, 0.05) is 0 Å². The number of likely N-dealkylation sites (tertiary alicyclic amines) is 1. The predicted molar refractivity (Wildman–Crippen MR) is 28.3 cm³/mol. The number of nitrogens with zero attached hydrogens (tertiary/aromatic N) is 1. The maximum atomic E-state index is 10.2. The first kappa shape index (κ1) is 5.05. The quantitative estimate of drug-likeness (QED) is 0.459. The van der Waals surface area contributed by atoms with E-state index in [-0.39, 0.29) is 5.60 Å². The maximum Gasteiger partial charge on any atom is 0.407 e. The first-order valence-electron chi connectivity index (χ1n) is 2.84. The summed E-state index contributed by atoms with van der Waals surface area (Å²) in [5.74, 6) is 0. The Morgan fingerprint density at radius 3 is 2.56 bits per heavy atom. The van der Waals surface area contributed by atoms with Crippen molar-refractivity contribution in [2.75, 3.05) is 19.7 Å². The van der Waals surface area contributed by atoms with Crippen molar-refractivity contribution in [2.24, 2.45) is 0 Å². The van der Waals surface area contributed by atoms with Crippen molar-refractivity contribution in [3.8, 4) is 0 Å². The second-order valence-electron chi connectivity index (χ2n) is 2.61. The van der Waals surface area contributed by atoms with Gasteiger partial charge in [0.2, 0.25) is 0 Å². The van der Waals surface area contributed by atoms with Crippen LogP contribution in [0, 0.1) is 0 Å². The Hall–Kier alpha value is -0.770. The van der Waals surface area contributed by atoms with Gasteiger partial charge in [0.05, 0.1) is 19.7 Å². The van der Waals surface area contributed by atoms with Crippen LogP contribution in [0.25, 0.3) is 0 Å². The van der Waals surface area contributed by atoms with Gasteiger partial charge in [-0.3, -0.25) is 0 Å². The Balaban J connectivity index is 1.90. The summed E-state index contributed by atoms with van der Waals surface area (Å²) in [5, 5.41) is 8.36. The fraction of sp³-hybridized carbons (Fsp3) is 0.800. The average molecular weight is 129 g/mol. The second kappa shape index (κ2) is 1.21. The molecule has 4 nitrogen and oxygen atoms in total. The highest BCUT2D eigenvalue weighted by Crippen LogP contribution is 2.36. The van der Waals surface area contributed by atoms with Gasteiger partial charge in [-0.25, -0.2) is 4.79 Å². The Kier molecular flexibility index (Phi) is 0.679. The van der Waals surface area contributed by atoms with E-state index < -0.39 is 6.09 Å². The molecule has 0 bridgehead atoms. The summed E-state index contributed by atoms with van der Waals surface area (Å²) in [5.41, 5.74) is -0.0294. The number of carbonyl (C=O) groups is 1. The van der Waals surface area contributed by atoms with Crippen LogP contribution in [0.1, 0.15) is 0 Å². The smallest absolute Gasteiger partial charge is 0.407 e. The Morgan fingerprint density at radius 2 is 2.22 bits per heavy atom. The van der Waals surface area contributed by atoms with E-state index >= 15 is 0 Å². The maximum absolute atomic E-state index is 10.2. The molecule has 0 radical (unpaired) electrons. The lowest BCUT2D eigenvalue weighted by Crippen LogP contribution is -2.55. The zero-order chi connectivity index (χ0) is 6.48. The fourth-order valence-corrected chi connectivity index (χ4v) is 1.07. The minimum absolute atomic E-state index is 0.0294. The molecular formula is C5H7NO3. The van der Waals surface area contributed by atoms with Crippen molar-refractivity contribution in [2.45, 2.75) is 5.60 Å². The molecule has 2 rings (SSSR count). The van der Waals surface area contributed by atoms with Crippen LogP contribution in [-0.2, 0) is 4.74 Å². The van der Waals surface area contributed by atoms with Crippen molar-refractivity contribution in [1.82, 2.24) is 4.90 Å². The number of hydrogen-bond donors (Lipinski definition) is 1. The minimum atomic E-state index is -0.837. The number of ether oxygens (including phenoxy) is 1. The van der Waals surface area contributed by atoms with E-state index in [0.29, 0.717) is 13.1 Å². The van der Waals surface area contributed by atoms with E-state index in [1.165, 1.54) is 4.90 Å². The molecule has 0 unspecified atom stereocenters. The summed E-state index contributed by atoms with van der Waals surface area (Å²) in [4.78, 5) is 11.5. The van der Waals surface area contributed by atoms with Crippen LogP contribution >= 0.6 is 0 Å². The van der Waals surface area contributed by atoms with Crippen LogP contribution in [0.3, 0.4) is 0 Å². The molecule has 0 aliphatic carbocycles. The predicted octanol–water partition coefficient (Wildman–Crippen LogP) is -0.251. The monoisotopic (exact) mass is 129 g/mol. The first-order chi connectivity index (χ1) is 4.22. The average Bonchev–Trinajstić information content (AvgIpc) is 2.35. The highest BCUT2D eigenvalue weighted by molar-refractivity contribution is 5.67. The third kappa shape index (κ3) is 0.595. The van der Waals surface area contributed by atoms with Crippen LogP contribution in [0.15, 0.2) is 0 Å². The Morgan fingerprint density at radius 1 is 1.67 bits per heavy atom. The molecule has 50 valence electrons. The third-order valence-corrected chi connectivity index (χ3v) is 1.78. The minimum Gasteiger partial charge on any atom is -0.465 e. The molecule has 9 heavy (non-hydrogen) atoms. The molecule has 2 fully saturated rings. The van der Waals surface area contributed by atoms with Crippen molar-refractivity contribution in [1.29, 1.82) is 0 Å². The summed E-state index contributed by atoms with van der Waals surface area (Å²) >= 11 is 0. The summed E-state index contributed by atoms with van der Waals surface area (Å²) in [6.45, 7) is 1.89. The molecule has 0 aromatic heterocycles. The number of rotatable bonds is 0. The van der Waals surface area contributed by atoms with E-state index in [1.54, 1.807) is 0 Å². The third-order valence-electron chi connectivity index (χ3n) is 1.78. The molecule has 4 heteroatoms. The molecule has 2 aliphatic heterocycles. The van der Waals surface area contributed by atoms with Gasteiger partial charge < -0.3 is 14.7 Å². The first-order valence-corrected chi connectivity index (χ1v) is 2.84. The van der Waals surface area contributed by atoms with Crippen LogP contribution in [-0.4, -0.2) is 41.4 Å². The fourth-order valence-electron chi connectivity index (χ4n) is 1.07. The van der Waals surface area contributed by atoms with E-state index in [1.807, 2.05) is 0 Å². The van der Waals surface area contributed by atoms with Gasteiger partial charge in [-0.2, -0.15) is 0 Å². The Labute approximate surface area is 52.0 Å². The van der Waals surface area contributed by atoms with Gasteiger partial charge in [-0.15, -0.1) is 0 Å². The normalized spacial score (nSPS) is 27.8. The summed E-state index contributed by atoms with van der Waals surface area (Å²) < 4.78 is 5.01. The van der Waals surface area contributed by atoms with Crippen LogP contribution in [0.5, 0.6) is 0 Å². The molecule has 2 saturated heterocycles. The van der Waals surface area contributed by atoms with Gasteiger partial charge in [0.1, 0.15) is 5.60 Å². The standard InChI is InChI=1S/C5H7NO3/c7-4(8)6-1-5(2-6)3-9-5/h1-3H2,(H,7,8). The van der Waals surface area contributed by atoms with Crippen LogP contribution < -0.4 is 0 Å². The van der Waals surface area contributed by atoms with Crippen molar-refractivity contribution in [3.05, 3.63) is 0 Å². The highest BCUT2D eigenvalue weighted by atomic mass is 16.6. The summed E-state index contributed by atoms with van der Waals surface area (Å²) in [7, 11) is 0. The van der Waals surface area contributed by atoms with Crippen molar-refractivity contribution >= 4 is 6.09 Å². The van der Waals surface area contributed by atoms with Gasteiger partial charge in [-0.1, -0.05) is 0 Å². The zero-order valence-corrected chi connectivity index (χ0v) is 4.83. The summed E-state index contributed by atoms with van der Waals surface area (Å²) in [6.07, 6.45) is -0.837. The lowest BCUT2D eigenvalue weighted by atomic mass is 10.0. The summed E-state index contributed by atoms with van der Waals surface area (Å²) in [6, 6.07) is 0. The van der Waals surface area contributed by atoms with E-state index in [9.17, 15) is 4.79 Å². The highest BCUT2D eigenvalue weighted by Gasteiger charge is 2.56. The largest absolute Gasteiger partial charge is 0.465 e. The molecule has 0 atom stereocenters. The number of epoxide rings is 1. The van der Waals surface area contributed by atoms with Crippen LogP contribution in [0.4, 0.5) is 4.79 Å². The van der Waals surface area contributed by atoms with Gasteiger partial charge >= 0.3 is 6.09 Å².